The van der Waals surface area contributed by atoms with Crippen LogP contribution in [-0.4, -0.2) is 187 Å². The molecule has 0 aromatic carbocycles. The minimum absolute atomic E-state index is 0. The van der Waals surface area contributed by atoms with Gasteiger partial charge in [-0.15, -0.1) is 38.5 Å². The summed E-state index contributed by atoms with van der Waals surface area (Å²) >= 11 is 5.67. The van der Waals surface area contributed by atoms with Crippen LogP contribution in [0.1, 0.15) is 272 Å². The van der Waals surface area contributed by atoms with E-state index < -0.39 is 124 Å². The Morgan fingerprint density at radius 3 is 0.517 bits per heavy atom. The molecule has 12 fully saturated rings. The molecule has 12 rings (SSSR count). The Morgan fingerprint density at radius 1 is 0.294 bits per heavy atom. The van der Waals surface area contributed by atoms with E-state index in [1.807, 2.05) is 122 Å². The molecule has 0 aromatic rings. The van der Waals surface area contributed by atoms with Crippen molar-refractivity contribution in [1.82, 2.24) is 0 Å². The number of rotatable bonds is 28. The minimum Gasteiger partial charge on any atom is -0.554 e. The Kier molecular flexibility index (Phi) is 61.0. The summed E-state index contributed by atoms with van der Waals surface area (Å²) in [6.07, 6.45) is -4.54. The monoisotopic (exact) mass is 3740 g/mol. The molecule has 834 valence electrons. The summed E-state index contributed by atoms with van der Waals surface area (Å²) < 4.78 is 277. The molecule has 12 aliphatic rings. The van der Waals surface area contributed by atoms with Crippen LogP contribution in [0.4, 0.5) is 79.0 Å². The molecule has 17 nitrogen and oxygen atoms in total. The van der Waals surface area contributed by atoms with Gasteiger partial charge in [-0.3, -0.25) is 0 Å². The first-order valence-corrected chi connectivity index (χ1v) is 66.5. The standard InChI is InChI=1S/6C11H16F3O.C7H18O3Si.C6H16O2Si.C5H10OSi.C4H12O3Si.C4H12O2Si.C3H9ClSi.6Rf.2H2/c6*1-10(6-9(15)11(12,13)14)5-7-2-3-8(10)4-7;1-5-8-11(4,9-6-2)10-7-3;1-5-7-9(3,4)8-6-2;1-5-6-7(2,3)4;1-5-8(4,6-2)7-3;1-5-7(3,4)6-2;1-5(2,3)4;;;;;;;;/h6*7-8,15H,2-6H2,1H3;5-7H2,1-4H3;5-6H2,1-4H3;1H,2-4H3;1-4H3;1-4H3;1-3H3;;;;;;;2*1H/q6*-1;;;;;;;;;;;;;;. The van der Waals surface area contributed by atoms with Crippen molar-refractivity contribution in [2.75, 3.05) is 68.6 Å². The quantitative estimate of drug-likeness (QED) is 0.0141. The molecule has 0 aromatic heterocycles. The predicted molar refractivity (Wildman–Crippen MR) is 515 cm³/mol. The van der Waals surface area contributed by atoms with Crippen LogP contribution in [0.5, 0.6) is 0 Å². The van der Waals surface area contributed by atoms with E-state index in [1.54, 1.807) is 35.5 Å². The van der Waals surface area contributed by atoms with Crippen LogP contribution >= 0.6 is 11.1 Å². The van der Waals surface area contributed by atoms with Crippen LogP contribution in [0.25, 0.3) is 0 Å². The average molecular weight is 3740 g/mol. The molecule has 18 atom stereocenters. The summed E-state index contributed by atoms with van der Waals surface area (Å²) in [4.78, 5) is 0. The number of fused-ring (bicyclic) bond motifs is 12. The minimum atomic E-state index is -4.54. The second kappa shape index (κ2) is 59.4. The summed E-state index contributed by atoms with van der Waals surface area (Å²) in [6, 6.07) is 0. The number of hydrogen-bond donors (Lipinski definition) is 6. The number of aliphatic hydroxyl groups excluding tert-OH is 6. The Labute approximate surface area is 824 Å². The number of aliphatic hydroxyl groups is 6. The van der Waals surface area contributed by atoms with Crippen LogP contribution in [0.3, 0.4) is 0 Å². The molecule has 48 heteroatoms. The van der Waals surface area contributed by atoms with Crippen LogP contribution in [0.2, 0.25) is 78.6 Å². The molecule has 0 heterocycles. The summed E-state index contributed by atoms with van der Waals surface area (Å²) in [7, 11) is -2.21. The molecule has 6 N–H and O–H groups in total. The Balaban J connectivity index is -0.000000237. The van der Waals surface area contributed by atoms with Crippen molar-refractivity contribution >= 4 is 61.5 Å². The molecule has 12 bridgehead atoms. The average Bonchev–Trinajstić information content (AvgIpc) is 1.65. The van der Waals surface area contributed by atoms with E-state index in [9.17, 15) is 79.0 Å². The van der Waals surface area contributed by atoms with Gasteiger partial charge in [0.05, 0.1) is 6.11 Å². The summed E-state index contributed by atoms with van der Waals surface area (Å²) in [5, 5.41) is 54.2. The molecular weight excluding hydrogens is 3560 g/mol. The van der Waals surface area contributed by atoms with Crippen molar-refractivity contribution in [2.24, 2.45) is 104 Å². The maximum Gasteiger partial charge on any atom is 0.497 e. The van der Waals surface area contributed by atoms with Gasteiger partial charge in [0.15, 0.2) is 0 Å². The van der Waals surface area contributed by atoms with Gasteiger partial charge < -0.3 is 79.3 Å². The zero-order valence-corrected chi connectivity index (χ0v) is 137. The fourth-order valence-electron chi connectivity index (χ4n) is 22.7. The summed E-state index contributed by atoms with van der Waals surface area (Å²) in [6.45, 7) is 48.9. The largest absolute Gasteiger partial charge is 0.554 e. The van der Waals surface area contributed by atoms with Crippen molar-refractivity contribution in [3.8, 4) is 12.5 Å². The third-order valence-electron chi connectivity index (χ3n) is 29.7. The molecule has 0 aliphatic heterocycles. The Hall–Kier alpha value is -6.95. The van der Waals surface area contributed by atoms with E-state index in [1.165, 1.54) is 0 Å². The number of alkyl halides is 18. The number of terminal acetylenes is 1. The van der Waals surface area contributed by atoms with Gasteiger partial charge in [0.2, 0.25) is 0 Å². The molecule has 0 radical (unpaired) electrons. The summed E-state index contributed by atoms with van der Waals surface area (Å²) in [5.41, 5.74) is -1.90. The van der Waals surface area contributed by atoms with Crippen LogP contribution in [-0.2, 0) is 48.7 Å². The third kappa shape index (κ3) is 50.3. The van der Waals surface area contributed by atoms with E-state index in [2.05, 4.69) is 38.8 Å². The molecule has 0 spiro atoms. The molecular formula is C95H177ClF18O17Rf6Si6-6. The number of hydrogen-bond acceptors (Lipinski definition) is 17. The molecule has 0 saturated heterocycles. The molecule has 12 aliphatic carbocycles. The Morgan fingerprint density at radius 2 is 0.448 bits per heavy atom. The van der Waals surface area contributed by atoms with Crippen LogP contribution in [0.15, 0.2) is 0 Å². The van der Waals surface area contributed by atoms with Crippen molar-refractivity contribution in [2.45, 2.75) is 384 Å². The van der Waals surface area contributed by atoms with E-state index in [-0.39, 0.29) is 73.9 Å². The smallest absolute Gasteiger partial charge is 0.497 e. The van der Waals surface area contributed by atoms with Crippen LogP contribution in [0, 0.1) is 153 Å². The first-order chi connectivity index (χ1) is 62.0. The van der Waals surface area contributed by atoms with Gasteiger partial charge in [-0.25, -0.2) is 79.0 Å². The topological polar surface area (TPSA) is 223 Å². The molecule has 143 heavy (non-hydrogen) atoms. The molecule has 0 amide bonds. The van der Waals surface area contributed by atoms with Crippen LogP contribution < -0.4 is 0 Å². The zero-order valence-electron chi connectivity index (χ0n) is 91.4. The summed E-state index contributed by atoms with van der Waals surface area (Å²) in [5.74, 6) is 5.88. The normalized spacial score (nSPS) is 29.3. The maximum absolute atomic E-state index is 12.2. The second-order valence-electron chi connectivity index (χ2n) is 44.2. The zero-order chi connectivity index (χ0) is 107. The van der Waals surface area contributed by atoms with Gasteiger partial charge >= 0.3 is 34.7 Å². The van der Waals surface area contributed by atoms with Gasteiger partial charge in [0, 0.05) is 84.5 Å². The predicted octanol–water partition coefficient (Wildman–Crippen LogP) is 30.9. The second-order valence-corrected chi connectivity index (χ2v) is 68.7. The van der Waals surface area contributed by atoms with E-state index in [0.29, 0.717) is 90.8 Å². The van der Waals surface area contributed by atoms with Crippen molar-refractivity contribution < 1.29 is 161 Å². The van der Waals surface area contributed by atoms with E-state index in [4.69, 9.17) is 96.8 Å². The van der Waals surface area contributed by atoms with Gasteiger partial charge in [0.25, 0.3) is 45.4 Å². The van der Waals surface area contributed by atoms with Crippen molar-refractivity contribution in [1.29, 1.82) is 0 Å². The SMILES string of the molecule is C#CO[Si](C)(C)C.CC1(C[C-](O)C(F)(F)F)CC2CCC1C2.CC1(C[C-](O)C(F)(F)F)CC2CCC1C2.CC1(C[C-](O)C(F)(F)F)CC2CCC1C2.CC1(C[C-](O)C(F)(F)F)CC2CCC1C2.CC1(C[C-](O)C(F)(F)F)CC2CCC1C2.CC1(C[C-](O)C(F)(F)F)CC2CCC1C2.CCO[Si](C)(C)OCC.CCO[Si](C)(OCC)OCC.CO[Si](C)(C)OC.CO[Si](C)(OC)OC.C[Si](C)(C)Cl.[HH].[HH].[Rf].[Rf].[Rf].[Rf].[Rf].[Rf]. The number of halogens is 19. The first kappa shape index (κ1) is 147. The fourth-order valence-corrected chi connectivity index (χ4v) is 27.0. The van der Waals surface area contributed by atoms with E-state index in [0.717, 1.165) is 167 Å². The maximum atomic E-state index is 12.2. The Bertz CT molecular complexity index is 3000. The van der Waals surface area contributed by atoms with Gasteiger partial charge in [-0.05, 0) is 267 Å². The van der Waals surface area contributed by atoms with Gasteiger partial charge in [-0.2, -0.15) is 11.1 Å². The fraction of sp³-hybridized carbons (Fsp3) is 0.916. The first-order valence-electron chi connectivity index (χ1n) is 48.5. The van der Waals surface area contributed by atoms with Gasteiger partial charge in [-0.1, -0.05) is 175 Å². The van der Waals surface area contributed by atoms with Crippen molar-refractivity contribution in [3.05, 3.63) is 36.6 Å². The van der Waals surface area contributed by atoms with Gasteiger partial charge in [0.1, 0.15) is 7.38 Å². The van der Waals surface area contributed by atoms with Crippen molar-refractivity contribution in [3.63, 3.8) is 0 Å². The molecule has 12 saturated carbocycles. The third-order valence-corrected chi connectivity index (χ3v) is 39.1. The van der Waals surface area contributed by atoms with E-state index >= 15 is 0 Å². The molecule has 18 unspecified atom stereocenters.